The smallest absolute Gasteiger partial charge is 0.271 e. The number of carbonyl (C=O) groups is 2. The van der Waals surface area contributed by atoms with Gasteiger partial charge in [0.05, 0.1) is 6.21 Å². The number of nitrogens with one attached hydrogen (secondary N) is 2. The third kappa shape index (κ3) is 5.64. The maximum absolute atomic E-state index is 12.0. The van der Waals surface area contributed by atoms with Crippen molar-refractivity contribution in [3.05, 3.63) is 59.9 Å². The van der Waals surface area contributed by atoms with Gasteiger partial charge in [-0.2, -0.15) is 5.10 Å². The molecule has 0 fully saturated rings. The molecule has 124 valence electrons. The van der Waals surface area contributed by atoms with Gasteiger partial charge in [0.2, 0.25) is 5.91 Å². The molecule has 0 aliphatic rings. The van der Waals surface area contributed by atoms with Crippen molar-refractivity contribution in [1.29, 1.82) is 0 Å². The van der Waals surface area contributed by atoms with Crippen LogP contribution >= 0.6 is 0 Å². The molecule has 6 nitrogen and oxygen atoms in total. The van der Waals surface area contributed by atoms with Crippen molar-refractivity contribution in [3.8, 4) is 0 Å². The van der Waals surface area contributed by atoms with E-state index in [2.05, 4.69) is 20.8 Å². The summed E-state index contributed by atoms with van der Waals surface area (Å²) in [7, 11) is 0. The number of pyridine rings is 1. The largest absolute Gasteiger partial charge is 0.326 e. The highest BCUT2D eigenvalue weighted by atomic mass is 16.2. The molecule has 0 spiro atoms. The van der Waals surface area contributed by atoms with Crippen molar-refractivity contribution in [2.45, 2.75) is 26.2 Å². The summed E-state index contributed by atoms with van der Waals surface area (Å²) in [6.45, 7) is 2.04. The van der Waals surface area contributed by atoms with Crippen LogP contribution < -0.4 is 10.7 Å². The summed E-state index contributed by atoms with van der Waals surface area (Å²) in [5.41, 5.74) is 4.38. The molecular weight excluding hydrogens is 304 g/mol. The Bertz CT molecular complexity index is 697. The second kappa shape index (κ2) is 9.19. The van der Waals surface area contributed by atoms with Gasteiger partial charge >= 0.3 is 0 Å². The summed E-state index contributed by atoms with van der Waals surface area (Å²) in [4.78, 5) is 27.6. The lowest BCUT2D eigenvalue weighted by Gasteiger charge is -2.05. The summed E-state index contributed by atoms with van der Waals surface area (Å²) >= 11 is 0. The molecule has 0 unspecified atom stereocenters. The number of unbranched alkanes of at least 4 members (excludes halogenated alkanes) is 1. The predicted molar refractivity (Wildman–Crippen MR) is 93.9 cm³/mol. The van der Waals surface area contributed by atoms with Crippen LogP contribution in [0.1, 0.15) is 42.1 Å². The van der Waals surface area contributed by atoms with Gasteiger partial charge in [-0.05, 0) is 36.8 Å². The average Bonchev–Trinajstić information content (AvgIpc) is 2.61. The van der Waals surface area contributed by atoms with E-state index >= 15 is 0 Å². The Labute approximate surface area is 141 Å². The van der Waals surface area contributed by atoms with Crippen LogP contribution in [-0.4, -0.2) is 23.0 Å². The first-order valence-electron chi connectivity index (χ1n) is 7.82. The second-order valence-electron chi connectivity index (χ2n) is 5.21. The Kier molecular flexibility index (Phi) is 6.64. The molecule has 0 saturated heterocycles. The molecular formula is C18H20N4O2. The molecule has 0 atom stereocenters. The molecule has 0 aliphatic heterocycles. The van der Waals surface area contributed by atoms with Gasteiger partial charge in [0.15, 0.2) is 0 Å². The van der Waals surface area contributed by atoms with Gasteiger partial charge in [0.1, 0.15) is 0 Å². The topological polar surface area (TPSA) is 83.5 Å². The predicted octanol–water partition coefficient (Wildman–Crippen LogP) is 2.97. The number of anilines is 1. The molecule has 1 heterocycles. The first-order chi connectivity index (χ1) is 11.7. The number of hydrogen-bond donors (Lipinski definition) is 2. The van der Waals surface area contributed by atoms with Gasteiger partial charge in [0.25, 0.3) is 5.91 Å². The molecule has 0 saturated carbocycles. The van der Waals surface area contributed by atoms with Gasteiger partial charge in [-0.3, -0.25) is 14.6 Å². The van der Waals surface area contributed by atoms with Crippen LogP contribution in [0.15, 0.2) is 53.9 Å². The number of carbonyl (C=O) groups excluding carboxylic acids is 2. The van der Waals surface area contributed by atoms with E-state index in [1.807, 2.05) is 13.0 Å². The summed E-state index contributed by atoms with van der Waals surface area (Å²) in [6, 6.07) is 10.3. The van der Waals surface area contributed by atoms with Crippen molar-refractivity contribution in [3.63, 3.8) is 0 Å². The zero-order chi connectivity index (χ0) is 17.2. The van der Waals surface area contributed by atoms with E-state index in [0.29, 0.717) is 17.7 Å². The summed E-state index contributed by atoms with van der Waals surface area (Å²) in [6.07, 6.45) is 7.17. The zero-order valence-electron chi connectivity index (χ0n) is 13.5. The van der Waals surface area contributed by atoms with E-state index < -0.39 is 0 Å². The summed E-state index contributed by atoms with van der Waals surface area (Å²) in [5, 5.41) is 6.69. The van der Waals surface area contributed by atoms with Crippen molar-refractivity contribution >= 4 is 23.7 Å². The van der Waals surface area contributed by atoms with Crippen LogP contribution in [0.5, 0.6) is 0 Å². The molecule has 0 aliphatic carbocycles. The standard InChI is InChI=1S/C18H20N4O2/c1-2-3-6-17(23)21-16-9-7-15(8-10-16)18(24)22-20-13-14-5-4-11-19-12-14/h4-5,7-13H,2-3,6H2,1H3,(H,21,23)(H,22,24). The van der Waals surface area contributed by atoms with Crippen LogP contribution in [0.3, 0.4) is 0 Å². The van der Waals surface area contributed by atoms with E-state index in [9.17, 15) is 9.59 Å². The summed E-state index contributed by atoms with van der Waals surface area (Å²) < 4.78 is 0. The van der Waals surface area contributed by atoms with Crippen LogP contribution in [0.2, 0.25) is 0 Å². The fourth-order valence-electron chi connectivity index (χ4n) is 1.95. The number of benzene rings is 1. The van der Waals surface area contributed by atoms with Gasteiger partial charge in [-0.15, -0.1) is 0 Å². The lowest BCUT2D eigenvalue weighted by atomic mass is 10.2. The maximum atomic E-state index is 12.0. The Morgan fingerprint density at radius 1 is 1.21 bits per heavy atom. The maximum Gasteiger partial charge on any atom is 0.271 e. The minimum absolute atomic E-state index is 0.0184. The van der Waals surface area contributed by atoms with Crippen molar-refractivity contribution < 1.29 is 9.59 Å². The molecule has 2 aromatic rings. The molecule has 0 radical (unpaired) electrons. The molecule has 24 heavy (non-hydrogen) atoms. The summed E-state index contributed by atoms with van der Waals surface area (Å²) in [5.74, 6) is -0.339. The monoisotopic (exact) mass is 324 g/mol. The Morgan fingerprint density at radius 2 is 2.00 bits per heavy atom. The molecule has 2 N–H and O–H groups in total. The number of hydrazone groups is 1. The Hall–Kier alpha value is -3.02. The lowest BCUT2D eigenvalue weighted by Crippen LogP contribution is -2.17. The minimum Gasteiger partial charge on any atom is -0.326 e. The van der Waals surface area contributed by atoms with Gasteiger partial charge < -0.3 is 5.32 Å². The highest BCUT2D eigenvalue weighted by Crippen LogP contribution is 2.10. The van der Waals surface area contributed by atoms with E-state index in [1.165, 1.54) is 6.21 Å². The molecule has 2 amide bonds. The van der Waals surface area contributed by atoms with E-state index in [1.54, 1.807) is 42.7 Å². The highest BCUT2D eigenvalue weighted by Gasteiger charge is 2.05. The van der Waals surface area contributed by atoms with Crippen LogP contribution in [-0.2, 0) is 4.79 Å². The fourth-order valence-corrected chi connectivity index (χ4v) is 1.95. The van der Waals surface area contributed by atoms with Crippen LogP contribution in [0.25, 0.3) is 0 Å². The van der Waals surface area contributed by atoms with Gasteiger partial charge in [-0.25, -0.2) is 5.43 Å². The first-order valence-corrected chi connectivity index (χ1v) is 7.82. The minimum atomic E-state index is -0.320. The average molecular weight is 324 g/mol. The van der Waals surface area contributed by atoms with Crippen molar-refractivity contribution in [2.75, 3.05) is 5.32 Å². The Morgan fingerprint density at radius 3 is 2.67 bits per heavy atom. The third-order valence-corrected chi connectivity index (χ3v) is 3.25. The number of nitrogens with zero attached hydrogens (tertiary/aromatic N) is 2. The van der Waals surface area contributed by atoms with E-state index in [0.717, 1.165) is 18.4 Å². The number of rotatable bonds is 7. The molecule has 1 aromatic carbocycles. The Balaban J connectivity index is 1.87. The molecule has 6 heteroatoms. The van der Waals surface area contributed by atoms with Gasteiger partial charge in [-0.1, -0.05) is 19.4 Å². The van der Waals surface area contributed by atoms with Crippen molar-refractivity contribution in [1.82, 2.24) is 10.4 Å². The van der Waals surface area contributed by atoms with E-state index in [4.69, 9.17) is 0 Å². The normalized spacial score (nSPS) is 10.5. The van der Waals surface area contributed by atoms with E-state index in [-0.39, 0.29) is 11.8 Å². The lowest BCUT2D eigenvalue weighted by molar-refractivity contribution is -0.116. The number of aromatic nitrogens is 1. The third-order valence-electron chi connectivity index (χ3n) is 3.25. The molecule has 0 bridgehead atoms. The van der Waals surface area contributed by atoms with Crippen LogP contribution in [0, 0.1) is 0 Å². The van der Waals surface area contributed by atoms with Crippen LogP contribution in [0.4, 0.5) is 5.69 Å². The molecule has 2 rings (SSSR count). The zero-order valence-corrected chi connectivity index (χ0v) is 13.5. The highest BCUT2D eigenvalue weighted by molar-refractivity contribution is 5.96. The second-order valence-corrected chi connectivity index (χ2v) is 5.21. The molecule has 1 aromatic heterocycles. The quantitative estimate of drug-likeness (QED) is 0.606. The first kappa shape index (κ1) is 17.3. The number of amides is 2. The fraction of sp³-hybridized carbons (Fsp3) is 0.222. The SMILES string of the molecule is CCCCC(=O)Nc1ccc(C(=O)NN=Cc2cccnc2)cc1. The number of hydrogen-bond acceptors (Lipinski definition) is 4. The van der Waals surface area contributed by atoms with Gasteiger partial charge in [0, 0.05) is 35.6 Å². The van der Waals surface area contributed by atoms with Crippen molar-refractivity contribution in [2.24, 2.45) is 5.10 Å².